The molecule has 0 saturated heterocycles. The Bertz CT molecular complexity index is 574. The zero-order chi connectivity index (χ0) is 12.7. The fourth-order valence-electron chi connectivity index (χ4n) is 2.22. The first-order valence-electron chi connectivity index (χ1n) is 6.37. The lowest BCUT2D eigenvalue weighted by Gasteiger charge is -2.12. The number of rotatable bonds is 4. The van der Waals surface area contributed by atoms with E-state index in [4.69, 9.17) is 5.73 Å². The van der Waals surface area contributed by atoms with Crippen LogP contribution in [-0.4, -0.2) is 22.6 Å². The minimum Gasteiger partial charge on any atom is -0.368 e. The van der Waals surface area contributed by atoms with Gasteiger partial charge < -0.3 is 11.1 Å². The van der Waals surface area contributed by atoms with Crippen LogP contribution in [0.1, 0.15) is 23.3 Å². The largest absolute Gasteiger partial charge is 0.368 e. The highest BCUT2D eigenvalue weighted by molar-refractivity contribution is 7.18. The molecule has 2 aromatic rings. The van der Waals surface area contributed by atoms with Gasteiger partial charge in [-0.2, -0.15) is 0 Å². The first-order valence-corrected chi connectivity index (χ1v) is 7.18. The summed E-state index contributed by atoms with van der Waals surface area (Å²) in [7, 11) is 0. The van der Waals surface area contributed by atoms with E-state index >= 15 is 0 Å². The third-order valence-corrected chi connectivity index (χ3v) is 4.81. The standard InChI is InChI=1S/C13H18N4S/c1-7-8(2)18-13-11(7)12(16-6-17-13)15-5-10(14)9-3-4-9/h6,9-10H,3-5,14H2,1-2H3,(H,15,16,17). The Morgan fingerprint density at radius 2 is 2.22 bits per heavy atom. The van der Waals surface area contributed by atoms with Crippen molar-refractivity contribution < 1.29 is 0 Å². The van der Waals surface area contributed by atoms with Crippen molar-refractivity contribution in [2.24, 2.45) is 11.7 Å². The van der Waals surface area contributed by atoms with Crippen LogP contribution in [0.5, 0.6) is 0 Å². The maximum Gasteiger partial charge on any atom is 0.138 e. The Hall–Kier alpha value is -1.20. The van der Waals surface area contributed by atoms with E-state index in [-0.39, 0.29) is 6.04 Å². The van der Waals surface area contributed by atoms with Crippen LogP contribution >= 0.6 is 11.3 Å². The number of fused-ring (bicyclic) bond motifs is 1. The molecule has 4 nitrogen and oxygen atoms in total. The van der Waals surface area contributed by atoms with Gasteiger partial charge in [0.15, 0.2) is 0 Å². The molecule has 1 aliphatic rings. The van der Waals surface area contributed by atoms with Crippen molar-refractivity contribution in [3.8, 4) is 0 Å². The number of nitrogens with two attached hydrogens (primary N) is 1. The van der Waals surface area contributed by atoms with Crippen molar-refractivity contribution >= 4 is 27.4 Å². The van der Waals surface area contributed by atoms with Gasteiger partial charge in [-0.3, -0.25) is 0 Å². The van der Waals surface area contributed by atoms with Crippen molar-refractivity contribution in [2.75, 3.05) is 11.9 Å². The lowest BCUT2D eigenvalue weighted by atomic mass is 10.2. The summed E-state index contributed by atoms with van der Waals surface area (Å²) >= 11 is 1.72. The molecule has 0 radical (unpaired) electrons. The summed E-state index contributed by atoms with van der Waals surface area (Å²) in [5, 5.41) is 4.55. The van der Waals surface area contributed by atoms with Gasteiger partial charge in [0, 0.05) is 17.5 Å². The molecule has 1 atom stereocenters. The number of hydrogen-bond donors (Lipinski definition) is 2. The van der Waals surface area contributed by atoms with Gasteiger partial charge in [0.2, 0.25) is 0 Å². The third-order valence-electron chi connectivity index (χ3n) is 3.70. The number of nitrogens with one attached hydrogen (secondary N) is 1. The second-order valence-electron chi connectivity index (χ2n) is 5.07. The van der Waals surface area contributed by atoms with Gasteiger partial charge >= 0.3 is 0 Å². The van der Waals surface area contributed by atoms with Gasteiger partial charge in [0.1, 0.15) is 17.0 Å². The molecule has 0 bridgehead atoms. The minimum absolute atomic E-state index is 0.245. The van der Waals surface area contributed by atoms with Gasteiger partial charge in [0.25, 0.3) is 0 Å². The first-order chi connectivity index (χ1) is 8.66. The molecule has 18 heavy (non-hydrogen) atoms. The number of thiophene rings is 1. The number of aromatic nitrogens is 2. The van der Waals surface area contributed by atoms with Crippen LogP contribution < -0.4 is 11.1 Å². The summed E-state index contributed by atoms with van der Waals surface area (Å²) in [5.41, 5.74) is 7.39. The summed E-state index contributed by atoms with van der Waals surface area (Å²) in [6, 6.07) is 0.245. The van der Waals surface area contributed by atoms with E-state index in [1.807, 2.05) is 0 Å². The molecule has 2 aromatic heterocycles. The van der Waals surface area contributed by atoms with Crippen molar-refractivity contribution in [1.29, 1.82) is 0 Å². The van der Waals surface area contributed by atoms with Crippen LogP contribution in [0.3, 0.4) is 0 Å². The maximum atomic E-state index is 6.11. The van der Waals surface area contributed by atoms with E-state index in [9.17, 15) is 0 Å². The zero-order valence-electron chi connectivity index (χ0n) is 10.7. The van der Waals surface area contributed by atoms with E-state index < -0.39 is 0 Å². The van der Waals surface area contributed by atoms with E-state index in [0.29, 0.717) is 5.92 Å². The molecule has 1 fully saturated rings. The molecule has 96 valence electrons. The van der Waals surface area contributed by atoms with Crippen molar-refractivity contribution in [3.05, 3.63) is 16.8 Å². The lowest BCUT2D eigenvalue weighted by molar-refractivity contribution is 0.620. The molecule has 1 aliphatic carbocycles. The van der Waals surface area contributed by atoms with Gasteiger partial charge in [-0.15, -0.1) is 11.3 Å². The van der Waals surface area contributed by atoms with Crippen LogP contribution in [0.4, 0.5) is 5.82 Å². The molecule has 0 amide bonds. The van der Waals surface area contributed by atoms with Gasteiger partial charge in [-0.25, -0.2) is 9.97 Å². The van der Waals surface area contributed by atoms with Crippen LogP contribution in [0.2, 0.25) is 0 Å². The molecular weight excluding hydrogens is 244 g/mol. The second kappa shape index (κ2) is 4.48. The van der Waals surface area contributed by atoms with E-state index in [0.717, 1.165) is 22.6 Å². The highest BCUT2D eigenvalue weighted by atomic mass is 32.1. The summed E-state index contributed by atoms with van der Waals surface area (Å²) in [6.45, 7) is 5.05. The number of nitrogens with zero attached hydrogens (tertiary/aromatic N) is 2. The van der Waals surface area contributed by atoms with Gasteiger partial charge in [-0.05, 0) is 38.2 Å². The molecule has 3 rings (SSSR count). The van der Waals surface area contributed by atoms with Gasteiger partial charge in [-0.1, -0.05) is 0 Å². The monoisotopic (exact) mass is 262 g/mol. The van der Waals surface area contributed by atoms with E-state index in [1.165, 1.54) is 23.3 Å². The predicted octanol–water partition coefficient (Wildman–Crippen LogP) is 2.46. The Morgan fingerprint density at radius 1 is 1.44 bits per heavy atom. The molecule has 2 heterocycles. The Balaban J connectivity index is 1.86. The van der Waals surface area contributed by atoms with Crippen LogP contribution in [0.15, 0.2) is 6.33 Å². The summed E-state index contributed by atoms with van der Waals surface area (Å²) < 4.78 is 0. The van der Waals surface area contributed by atoms with E-state index in [2.05, 4.69) is 29.1 Å². The highest BCUT2D eigenvalue weighted by Gasteiger charge is 2.28. The zero-order valence-corrected chi connectivity index (χ0v) is 11.5. The summed E-state index contributed by atoms with van der Waals surface area (Å²) in [4.78, 5) is 11.1. The Morgan fingerprint density at radius 3 is 2.94 bits per heavy atom. The fraction of sp³-hybridized carbons (Fsp3) is 0.538. The Labute approximate surface area is 111 Å². The lowest BCUT2D eigenvalue weighted by Crippen LogP contribution is -2.31. The van der Waals surface area contributed by atoms with Crippen molar-refractivity contribution in [3.63, 3.8) is 0 Å². The molecule has 5 heteroatoms. The number of hydrogen-bond acceptors (Lipinski definition) is 5. The maximum absolute atomic E-state index is 6.11. The molecule has 0 spiro atoms. The fourth-order valence-corrected chi connectivity index (χ4v) is 3.22. The number of anilines is 1. The molecule has 1 saturated carbocycles. The molecule has 1 unspecified atom stereocenters. The minimum atomic E-state index is 0.245. The predicted molar refractivity (Wildman–Crippen MR) is 76.1 cm³/mol. The smallest absolute Gasteiger partial charge is 0.138 e. The topological polar surface area (TPSA) is 63.8 Å². The van der Waals surface area contributed by atoms with E-state index in [1.54, 1.807) is 17.7 Å². The molecular formula is C13H18N4S. The van der Waals surface area contributed by atoms with Crippen molar-refractivity contribution in [1.82, 2.24) is 9.97 Å². The highest BCUT2D eigenvalue weighted by Crippen LogP contribution is 2.34. The average Bonchev–Trinajstić information content (AvgIpc) is 3.15. The SMILES string of the molecule is Cc1sc2ncnc(NCC(N)C3CC3)c2c1C. The van der Waals surface area contributed by atoms with Gasteiger partial charge in [0.05, 0.1) is 5.39 Å². The van der Waals surface area contributed by atoms with Crippen LogP contribution in [0.25, 0.3) is 10.2 Å². The summed E-state index contributed by atoms with van der Waals surface area (Å²) in [6.07, 6.45) is 4.18. The van der Waals surface area contributed by atoms with Crippen LogP contribution in [-0.2, 0) is 0 Å². The second-order valence-corrected chi connectivity index (χ2v) is 6.27. The Kier molecular flexibility index (Phi) is 2.95. The quantitative estimate of drug-likeness (QED) is 0.888. The summed E-state index contributed by atoms with van der Waals surface area (Å²) in [5.74, 6) is 1.64. The molecule has 3 N–H and O–H groups in total. The van der Waals surface area contributed by atoms with Crippen molar-refractivity contribution in [2.45, 2.75) is 32.7 Å². The molecule has 0 aliphatic heterocycles. The first kappa shape index (κ1) is 11.9. The van der Waals surface area contributed by atoms with Crippen LogP contribution in [0, 0.1) is 19.8 Å². The average molecular weight is 262 g/mol. The molecule has 0 aromatic carbocycles. The third kappa shape index (κ3) is 2.08. The number of aryl methyl sites for hydroxylation is 2. The normalized spacial score (nSPS) is 17.1.